The molecule has 0 amide bonds. The Morgan fingerprint density at radius 2 is 2.17 bits per heavy atom. The molecule has 4 heteroatoms. The molecule has 1 rings (SSSR count). The smallest absolute Gasteiger partial charge is 0.330 e. The van der Waals surface area contributed by atoms with Crippen LogP contribution >= 0.6 is 0 Å². The molecule has 0 saturated carbocycles. The van der Waals surface area contributed by atoms with Crippen LogP contribution in [0.4, 0.5) is 8.78 Å². The van der Waals surface area contributed by atoms with Crippen molar-refractivity contribution >= 4 is 5.78 Å². The maximum atomic E-state index is 13.0. The first kappa shape index (κ1) is 9.58. The van der Waals surface area contributed by atoms with Crippen molar-refractivity contribution in [1.29, 1.82) is 0 Å². The van der Waals surface area contributed by atoms with Crippen LogP contribution in [0.1, 0.15) is 26.2 Å². The highest BCUT2D eigenvalue weighted by atomic mass is 19.3. The fraction of sp³-hybridized carbons (Fsp3) is 0.875. The molecular weight excluding hydrogens is 166 g/mol. The molecule has 1 heterocycles. The van der Waals surface area contributed by atoms with Crippen molar-refractivity contribution in [2.24, 2.45) is 0 Å². The highest BCUT2D eigenvalue weighted by Crippen LogP contribution is 2.29. The van der Waals surface area contributed by atoms with Crippen LogP contribution in [-0.4, -0.2) is 24.4 Å². The van der Waals surface area contributed by atoms with Crippen LogP contribution in [-0.2, 0) is 9.53 Å². The van der Waals surface area contributed by atoms with Gasteiger partial charge < -0.3 is 4.74 Å². The summed E-state index contributed by atoms with van der Waals surface area (Å²) in [4.78, 5) is 10.5. The largest absolute Gasteiger partial charge is 0.371 e. The number of ketones is 1. The molecule has 1 aliphatic rings. The van der Waals surface area contributed by atoms with Gasteiger partial charge in [0, 0.05) is 13.5 Å². The summed E-state index contributed by atoms with van der Waals surface area (Å²) in [6.45, 7) is 1.24. The van der Waals surface area contributed by atoms with Crippen LogP contribution in [0.25, 0.3) is 0 Å². The Bertz CT molecular complexity index is 174. The zero-order valence-electron chi connectivity index (χ0n) is 6.98. The summed E-state index contributed by atoms with van der Waals surface area (Å²) in [5.41, 5.74) is 0. The van der Waals surface area contributed by atoms with E-state index in [4.69, 9.17) is 4.74 Å². The van der Waals surface area contributed by atoms with Gasteiger partial charge in [-0.1, -0.05) is 0 Å². The predicted molar refractivity (Wildman–Crippen MR) is 39.2 cm³/mol. The molecule has 0 spiro atoms. The number of hydrogen-bond donors (Lipinski definition) is 0. The Balaban J connectivity index is 2.59. The van der Waals surface area contributed by atoms with Crippen LogP contribution in [0.5, 0.6) is 0 Å². The molecule has 0 aromatic rings. The number of carbonyl (C=O) groups is 1. The third kappa shape index (κ3) is 1.80. The summed E-state index contributed by atoms with van der Waals surface area (Å²) in [5, 5.41) is 0. The molecule has 1 atom stereocenters. The molecule has 1 unspecified atom stereocenters. The lowest BCUT2D eigenvalue weighted by atomic mass is 10.0. The molecule has 1 fully saturated rings. The molecule has 0 radical (unpaired) electrons. The van der Waals surface area contributed by atoms with Crippen LogP contribution < -0.4 is 0 Å². The minimum Gasteiger partial charge on any atom is -0.371 e. The Labute approximate surface area is 69.9 Å². The van der Waals surface area contributed by atoms with Gasteiger partial charge in [-0.2, -0.15) is 8.78 Å². The van der Waals surface area contributed by atoms with Crippen LogP contribution in [0.15, 0.2) is 0 Å². The lowest BCUT2D eigenvalue weighted by Crippen LogP contribution is -2.43. The maximum absolute atomic E-state index is 13.0. The Morgan fingerprint density at radius 3 is 2.58 bits per heavy atom. The van der Waals surface area contributed by atoms with Crippen molar-refractivity contribution in [1.82, 2.24) is 0 Å². The van der Waals surface area contributed by atoms with Crippen molar-refractivity contribution in [3.05, 3.63) is 0 Å². The average molecular weight is 178 g/mol. The van der Waals surface area contributed by atoms with Gasteiger partial charge in [-0.3, -0.25) is 4.79 Å². The van der Waals surface area contributed by atoms with Crippen LogP contribution in [0.2, 0.25) is 0 Å². The monoisotopic (exact) mass is 178 g/mol. The van der Waals surface area contributed by atoms with Gasteiger partial charge in [0.15, 0.2) is 0 Å². The van der Waals surface area contributed by atoms with E-state index in [2.05, 4.69) is 0 Å². The van der Waals surface area contributed by atoms with E-state index in [-0.39, 0.29) is 6.42 Å². The van der Waals surface area contributed by atoms with Crippen LogP contribution in [0.3, 0.4) is 0 Å². The van der Waals surface area contributed by atoms with E-state index in [0.717, 1.165) is 13.3 Å². The van der Waals surface area contributed by atoms with E-state index < -0.39 is 17.8 Å². The predicted octanol–water partition coefficient (Wildman–Crippen LogP) is 1.78. The second-order valence-corrected chi connectivity index (χ2v) is 3.03. The molecule has 1 aliphatic heterocycles. The molecule has 0 N–H and O–H groups in total. The van der Waals surface area contributed by atoms with E-state index in [0.29, 0.717) is 13.0 Å². The molecular formula is C8H12F2O2. The number of hydrogen-bond acceptors (Lipinski definition) is 2. The molecule has 0 aliphatic carbocycles. The van der Waals surface area contributed by atoms with E-state index in [1.165, 1.54) is 0 Å². The zero-order valence-corrected chi connectivity index (χ0v) is 6.98. The molecule has 1 saturated heterocycles. The van der Waals surface area contributed by atoms with Crippen LogP contribution in [0, 0.1) is 0 Å². The maximum Gasteiger partial charge on any atom is 0.330 e. The first-order valence-electron chi connectivity index (χ1n) is 4.05. The molecule has 70 valence electrons. The lowest BCUT2D eigenvalue weighted by Gasteiger charge is -2.28. The first-order chi connectivity index (χ1) is 5.55. The summed E-state index contributed by atoms with van der Waals surface area (Å²) in [5.74, 6) is -4.39. The van der Waals surface area contributed by atoms with Gasteiger partial charge in [0.05, 0.1) is 0 Å². The topological polar surface area (TPSA) is 26.3 Å². The second kappa shape index (κ2) is 3.47. The normalized spacial score (nSPS) is 25.4. The molecule has 0 aromatic heterocycles. The fourth-order valence-corrected chi connectivity index (χ4v) is 1.25. The number of carbonyl (C=O) groups excluding carboxylic acids is 1. The summed E-state index contributed by atoms with van der Waals surface area (Å²) >= 11 is 0. The second-order valence-electron chi connectivity index (χ2n) is 3.03. The number of ether oxygens (including phenoxy) is 1. The van der Waals surface area contributed by atoms with Gasteiger partial charge >= 0.3 is 5.92 Å². The Kier molecular flexibility index (Phi) is 2.77. The average Bonchev–Trinajstić information content (AvgIpc) is 2.06. The standard InChI is InChI=1S/C8H12F2O2/c1-6(11)8(9,10)7-4-2-3-5-12-7/h7H,2-5H2,1H3. The van der Waals surface area contributed by atoms with Crippen molar-refractivity contribution in [3.8, 4) is 0 Å². The van der Waals surface area contributed by atoms with Crippen molar-refractivity contribution < 1.29 is 18.3 Å². The lowest BCUT2D eigenvalue weighted by molar-refractivity contribution is -0.173. The third-order valence-corrected chi connectivity index (χ3v) is 2.05. The fourth-order valence-electron chi connectivity index (χ4n) is 1.25. The van der Waals surface area contributed by atoms with Gasteiger partial charge in [-0.15, -0.1) is 0 Å². The molecule has 2 nitrogen and oxygen atoms in total. The molecule has 12 heavy (non-hydrogen) atoms. The van der Waals surface area contributed by atoms with Gasteiger partial charge in [0.2, 0.25) is 5.78 Å². The quantitative estimate of drug-likeness (QED) is 0.644. The minimum atomic E-state index is -3.29. The van der Waals surface area contributed by atoms with E-state index in [1.807, 2.05) is 0 Å². The van der Waals surface area contributed by atoms with Gasteiger partial charge in [0.1, 0.15) is 6.10 Å². The number of alkyl halides is 2. The first-order valence-corrected chi connectivity index (χ1v) is 4.05. The highest BCUT2D eigenvalue weighted by Gasteiger charge is 2.45. The van der Waals surface area contributed by atoms with Crippen molar-refractivity contribution in [2.45, 2.75) is 38.2 Å². The minimum absolute atomic E-state index is 0.284. The summed E-state index contributed by atoms with van der Waals surface area (Å²) in [6, 6.07) is 0. The summed E-state index contributed by atoms with van der Waals surface area (Å²) in [6.07, 6.45) is 0.619. The number of Topliss-reactive ketones (excluding diaryl/α,β-unsaturated/α-hetero) is 1. The highest BCUT2D eigenvalue weighted by molar-refractivity contribution is 5.83. The summed E-state index contributed by atoms with van der Waals surface area (Å²) in [7, 11) is 0. The zero-order chi connectivity index (χ0) is 9.19. The van der Waals surface area contributed by atoms with Gasteiger partial charge in [-0.05, 0) is 19.3 Å². The van der Waals surface area contributed by atoms with E-state index in [1.54, 1.807) is 0 Å². The molecule has 0 bridgehead atoms. The number of rotatable bonds is 2. The Hall–Kier alpha value is -0.510. The third-order valence-electron chi connectivity index (χ3n) is 2.05. The van der Waals surface area contributed by atoms with Crippen molar-refractivity contribution in [3.63, 3.8) is 0 Å². The number of halogens is 2. The van der Waals surface area contributed by atoms with Gasteiger partial charge in [0.25, 0.3) is 0 Å². The summed E-state index contributed by atoms with van der Waals surface area (Å²) < 4.78 is 30.7. The molecule has 0 aromatic carbocycles. The van der Waals surface area contributed by atoms with Crippen molar-refractivity contribution in [2.75, 3.05) is 6.61 Å². The van der Waals surface area contributed by atoms with E-state index >= 15 is 0 Å². The van der Waals surface area contributed by atoms with E-state index in [9.17, 15) is 13.6 Å². The SMILES string of the molecule is CC(=O)C(F)(F)C1CCCCO1. The van der Waals surface area contributed by atoms with Gasteiger partial charge in [-0.25, -0.2) is 0 Å². The Morgan fingerprint density at radius 1 is 1.50 bits per heavy atom.